The van der Waals surface area contributed by atoms with Crippen molar-refractivity contribution in [3.63, 3.8) is 0 Å². The fraction of sp³-hybridized carbons (Fsp3) is 0.333. The summed E-state index contributed by atoms with van der Waals surface area (Å²) in [5.74, 6) is 1.13. The molecule has 2 rings (SSSR count). The van der Waals surface area contributed by atoms with Gasteiger partial charge in [0, 0.05) is 5.02 Å². The van der Waals surface area contributed by atoms with Crippen LogP contribution in [0.1, 0.15) is 11.6 Å². The first-order valence-corrected chi connectivity index (χ1v) is 7.75. The third kappa shape index (κ3) is 5.03. The van der Waals surface area contributed by atoms with Crippen molar-refractivity contribution in [1.82, 2.24) is 4.98 Å². The summed E-state index contributed by atoms with van der Waals surface area (Å²) in [6.45, 7) is 1.63. The molecule has 1 aromatic heterocycles. The highest BCUT2D eigenvalue weighted by Gasteiger charge is 2.14. The minimum atomic E-state index is 0.0661. The molecule has 0 aliphatic carbocycles. The van der Waals surface area contributed by atoms with Gasteiger partial charge in [0.25, 0.3) is 0 Å². The molecule has 6 nitrogen and oxygen atoms in total. The normalized spacial score (nSPS) is 10.6. The Morgan fingerprint density at radius 3 is 2.83 bits per heavy atom. The van der Waals surface area contributed by atoms with Crippen molar-refractivity contribution < 1.29 is 14.1 Å². The number of aromatic nitrogens is 1. The van der Waals surface area contributed by atoms with Gasteiger partial charge in [0.1, 0.15) is 11.8 Å². The van der Waals surface area contributed by atoms with E-state index < -0.39 is 0 Å². The molecule has 0 bridgehead atoms. The molecule has 1 aromatic carbocycles. The topological polar surface area (TPSA) is 75.5 Å². The molecule has 1 heterocycles. The quantitative estimate of drug-likeness (QED) is 0.794. The average molecular weight is 356 g/mol. The smallest absolute Gasteiger partial charge is 0.236 e. The second kappa shape index (κ2) is 8.06. The Balaban J connectivity index is 2.00. The van der Waals surface area contributed by atoms with E-state index >= 15 is 0 Å². The fourth-order valence-electron chi connectivity index (χ4n) is 1.78. The number of benzene rings is 1. The molecule has 122 valence electrons. The second-order valence-corrected chi connectivity index (χ2v) is 5.99. The van der Waals surface area contributed by atoms with Gasteiger partial charge in [-0.25, -0.2) is 0 Å². The molecule has 0 saturated heterocycles. The summed E-state index contributed by atoms with van der Waals surface area (Å²) in [5, 5.41) is 13.1. The molecule has 23 heavy (non-hydrogen) atoms. The number of oxazole rings is 1. The number of quaternary nitrogens is 1. The van der Waals surface area contributed by atoms with E-state index in [0.717, 1.165) is 6.54 Å². The Hall–Kier alpha value is -1.94. The molecule has 2 aromatic rings. The van der Waals surface area contributed by atoms with Crippen molar-refractivity contribution in [1.29, 1.82) is 5.26 Å². The van der Waals surface area contributed by atoms with E-state index in [1.54, 1.807) is 18.2 Å². The lowest BCUT2D eigenvalue weighted by Gasteiger charge is -2.07. The van der Waals surface area contributed by atoms with E-state index in [1.807, 2.05) is 20.2 Å². The minimum Gasteiger partial charge on any atom is -0.482 e. The highest BCUT2D eigenvalue weighted by atomic mass is 35.5. The number of nitrogens with zero attached hydrogens (tertiary/aromatic N) is 2. The third-order valence-corrected chi connectivity index (χ3v) is 3.46. The van der Waals surface area contributed by atoms with Crippen molar-refractivity contribution >= 4 is 29.1 Å². The fourth-order valence-corrected chi connectivity index (χ4v) is 2.24. The summed E-state index contributed by atoms with van der Waals surface area (Å²) in [5.41, 5.74) is 0.208. The number of hydrogen-bond acceptors (Lipinski definition) is 5. The largest absolute Gasteiger partial charge is 0.482 e. The Kier molecular flexibility index (Phi) is 6.11. The highest BCUT2D eigenvalue weighted by molar-refractivity contribution is 6.35. The molecule has 0 unspecified atom stereocenters. The number of halogens is 2. The number of nitrogens with one attached hydrogen (secondary N) is 2. The van der Waals surface area contributed by atoms with Gasteiger partial charge in [0.2, 0.25) is 17.5 Å². The van der Waals surface area contributed by atoms with Crippen molar-refractivity contribution in [3.05, 3.63) is 39.8 Å². The van der Waals surface area contributed by atoms with Crippen LogP contribution in [0.2, 0.25) is 10.0 Å². The SMILES string of the molecule is C[NH+](C)CCNc1oc(COc2ccc(Cl)cc2Cl)nc1C#N. The van der Waals surface area contributed by atoms with Crippen molar-refractivity contribution in [3.8, 4) is 11.8 Å². The van der Waals surface area contributed by atoms with Gasteiger partial charge in [-0.05, 0) is 18.2 Å². The zero-order chi connectivity index (χ0) is 16.8. The first kappa shape index (κ1) is 17.4. The molecule has 0 aliphatic heterocycles. The maximum atomic E-state index is 9.11. The van der Waals surface area contributed by atoms with Crippen LogP contribution in [0.4, 0.5) is 5.88 Å². The molecule has 0 amide bonds. The van der Waals surface area contributed by atoms with Crippen LogP contribution in [-0.4, -0.2) is 32.2 Å². The number of ether oxygens (including phenoxy) is 1. The van der Waals surface area contributed by atoms with Gasteiger partial charge >= 0.3 is 0 Å². The number of nitriles is 1. The van der Waals surface area contributed by atoms with Crippen LogP contribution >= 0.6 is 23.2 Å². The molecule has 0 saturated carbocycles. The maximum Gasteiger partial charge on any atom is 0.236 e. The molecule has 0 atom stereocenters. The lowest BCUT2D eigenvalue weighted by Crippen LogP contribution is -3.06. The Labute approximate surface area is 144 Å². The molecule has 2 N–H and O–H groups in total. The molecule has 0 fully saturated rings. The van der Waals surface area contributed by atoms with Crippen LogP contribution < -0.4 is 15.0 Å². The van der Waals surface area contributed by atoms with Crippen molar-refractivity contribution in [2.24, 2.45) is 0 Å². The monoisotopic (exact) mass is 355 g/mol. The first-order valence-electron chi connectivity index (χ1n) is 7.00. The van der Waals surface area contributed by atoms with Crippen molar-refractivity contribution in [2.45, 2.75) is 6.61 Å². The van der Waals surface area contributed by atoms with E-state index in [1.165, 1.54) is 4.90 Å². The second-order valence-electron chi connectivity index (χ2n) is 5.14. The Morgan fingerprint density at radius 2 is 2.17 bits per heavy atom. The van der Waals surface area contributed by atoms with E-state index in [2.05, 4.69) is 10.3 Å². The van der Waals surface area contributed by atoms with Crippen LogP contribution in [0, 0.1) is 11.3 Å². The van der Waals surface area contributed by atoms with Gasteiger partial charge in [0.05, 0.1) is 32.2 Å². The van der Waals surface area contributed by atoms with Gasteiger partial charge in [-0.1, -0.05) is 23.2 Å². The average Bonchev–Trinajstić information content (AvgIpc) is 2.88. The summed E-state index contributed by atoms with van der Waals surface area (Å²) < 4.78 is 11.1. The molecule has 0 radical (unpaired) electrons. The molecule has 8 heteroatoms. The summed E-state index contributed by atoms with van der Waals surface area (Å²) >= 11 is 11.9. The summed E-state index contributed by atoms with van der Waals surface area (Å²) in [4.78, 5) is 5.39. The van der Waals surface area contributed by atoms with Gasteiger partial charge in [-0.2, -0.15) is 10.2 Å². The lowest BCUT2D eigenvalue weighted by atomic mass is 10.3. The summed E-state index contributed by atoms with van der Waals surface area (Å²) in [6, 6.07) is 6.93. The van der Waals surface area contributed by atoms with Gasteiger partial charge in [-0.15, -0.1) is 0 Å². The number of hydrogen-bond donors (Lipinski definition) is 2. The molecular formula is C15H17Cl2N4O2+. The minimum absolute atomic E-state index is 0.0661. The Morgan fingerprint density at radius 1 is 1.39 bits per heavy atom. The number of anilines is 1. The third-order valence-electron chi connectivity index (χ3n) is 2.93. The molecule has 0 spiro atoms. The number of likely N-dealkylation sites (N-methyl/N-ethyl adjacent to an activating group) is 1. The van der Waals surface area contributed by atoms with E-state index in [9.17, 15) is 0 Å². The zero-order valence-electron chi connectivity index (χ0n) is 12.8. The van der Waals surface area contributed by atoms with Crippen LogP contribution in [-0.2, 0) is 6.61 Å². The number of rotatable bonds is 7. The van der Waals surface area contributed by atoms with E-state index in [-0.39, 0.29) is 12.3 Å². The van der Waals surface area contributed by atoms with Crippen molar-refractivity contribution in [2.75, 3.05) is 32.5 Å². The highest BCUT2D eigenvalue weighted by Crippen LogP contribution is 2.28. The van der Waals surface area contributed by atoms with Crippen LogP contribution in [0.5, 0.6) is 5.75 Å². The van der Waals surface area contributed by atoms with Crippen LogP contribution in [0.15, 0.2) is 22.6 Å². The van der Waals surface area contributed by atoms with Gasteiger partial charge < -0.3 is 19.4 Å². The lowest BCUT2D eigenvalue weighted by molar-refractivity contribution is -0.856. The standard InChI is InChI=1S/C15H16Cl2N4O2/c1-21(2)6-5-19-15-12(8-18)20-14(23-15)9-22-13-4-3-10(16)7-11(13)17/h3-4,7,19H,5-6,9H2,1-2H3/p+1. The predicted molar refractivity (Wildman–Crippen MR) is 88.2 cm³/mol. The zero-order valence-corrected chi connectivity index (χ0v) is 14.3. The summed E-state index contributed by atoms with van der Waals surface area (Å²) in [7, 11) is 4.09. The van der Waals surface area contributed by atoms with Crippen LogP contribution in [0.3, 0.4) is 0 Å². The predicted octanol–water partition coefficient (Wildman–Crippen LogP) is 1.99. The van der Waals surface area contributed by atoms with E-state index in [4.69, 9.17) is 37.6 Å². The Bertz CT molecular complexity index is 710. The van der Waals surface area contributed by atoms with Gasteiger partial charge in [0.15, 0.2) is 6.61 Å². The first-order chi connectivity index (χ1) is 11.0. The van der Waals surface area contributed by atoms with E-state index in [0.29, 0.717) is 34.1 Å². The van der Waals surface area contributed by atoms with Gasteiger partial charge in [-0.3, -0.25) is 0 Å². The van der Waals surface area contributed by atoms with Crippen LogP contribution in [0.25, 0.3) is 0 Å². The summed E-state index contributed by atoms with van der Waals surface area (Å²) in [6.07, 6.45) is 0. The maximum absolute atomic E-state index is 9.11. The molecule has 0 aliphatic rings. The molecular weight excluding hydrogens is 339 g/mol.